The molecule has 2 atom stereocenters. The smallest absolute Gasteiger partial charge is 0.263 e. The van der Waals surface area contributed by atoms with E-state index in [1.807, 2.05) is 12.1 Å². The van der Waals surface area contributed by atoms with Crippen molar-refractivity contribution in [3.05, 3.63) is 64.0 Å². The zero-order chi connectivity index (χ0) is 19.8. The Kier molecular flexibility index (Phi) is 4.46. The Bertz CT molecular complexity index is 1130. The van der Waals surface area contributed by atoms with Crippen molar-refractivity contribution >= 4 is 22.7 Å². The summed E-state index contributed by atoms with van der Waals surface area (Å²) in [5.74, 6) is -0.370. The van der Waals surface area contributed by atoms with E-state index in [4.69, 9.17) is 0 Å². The van der Waals surface area contributed by atoms with Crippen LogP contribution < -0.4 is 16.2 Å². The molecule has 4 rings (SSSR count). The summed E-state index contributed by atoms with van der Waals surface area (Å²) in [5.41, 5.74) is 1.32. The fraction of sp³-hybridized carbons (Fsp3) is 0.300. The molecule has 1 aliphatic rings. The molecule has 1 fully saturated rings. The minimum absolute atomic E-state index is 0.0692. The number of aromatic amines is 1. The first-order valence-electron chi connectivity index (χ1n) is 9.16. The van der Waals surface area contributed by atoms with Crippen LogP contribution in [0.15, 0.2) is 41.6 Å². The molecule has 0 saturated heterocycles. The predicted molar refractivity (Wildman–Crippen MR) is 104 cm³/mol. The van der Waals surface area contributed by atoms with Crippen LogP contribution in [0.5, 0.6) is 0 Å². The molecule has 3 aromatic rings. The second-order valence-electron chi connectivity index (χ2n) is 7.14. The number of fused-ring (bicyclic) bond motifs is 1. The third kappa shape index (κ3) is 3.28. The molecule has 0 unspecified atom stereocenters. The molecule has 0 bridgehead atoms. The molecule has 3 N–H and O–H groups in total. The van der Waals surface area contributed by atoms with Gasteiger partial charge in [-0.3, -0.25) is 19.4 Å². The summed E-state index contributed by atoms with van der Waals surface area (Å²) in [4.78, 5) is 45.1. The number of nitrogens with one attached hydrogen (secondary N) is 3. The van der Waals surface area contributed by atoms with Crippen LogP contribution in [-0.4, -0.2) is 39.4 Å². The van der Waals surface area contributed by atoms with Crippen LogP contribution in [0.4, 0.5) is 0 Å². The number of carbonyl (C=O) groups excluding carboxylic acids is 2. The third-order valence-electron chi connectivity index (χ3n) is 5.13. The molecule has 1 saturated carbocycles. The van der Waals surface area contributed by atoms with Crippen LogP contribution in [0.1, 0.15) is 39.8 Å². The molecule has 2 amide bonds. The van der Waals surface area contributed by atoms with Crippen molar-refractivity contribution in [1.82, 2.24) is 25.2 Å². The van der Waals surface area contributed by atoms with Gasteiger partial charge in [-0.15, -0.1) is 0 Å². The van der Waals surface area contributed by atoms with Crippen molar-refractivity contribution in [2.24, 2.45) is 5.92 Å². The Morgan fingerprint density at radius 1 is 1.32 bits per heavy atom. The van der Waals surface area contributed by atoms with Crippen molar-refractivity contribution in [2.45, 2.75) is 25.9 Å². The molecule has 1 aliphatic carbocycles. The average molecular weight is 379 g/mol. The maximum Gasteiger partial charge on any atom is 0.263 e. The number of rotatable bonds is 5. The summed E-state index contributed by atoms with van der Waals surface area (Å²) < 4.78 is 1.37. The van der Waals surface area contributed by atoms with E-state index in [1.54, 1.807) is 12.4 Å². The fourth-order valence-corrected chi connectivity index (χ4v) is 3.28. The van der Waals surface area contributed by atoms with Crippen LogP contribution in [0.3, 0.4) is 0 Å². The second kappa shape index (κ2) is 6.95. The summed E-state index contributed by atoms with van der Waals surface area (Å²) in [6.45, 7) is 2.21. The van der Waals surface area contributed by atoms with Gasteiger partial charge in [0, 0.05) is 42.6 Å². The number of aromatic nitrogens is 3. The van der Waals surface area contributed by atoms with Crippen LogP contribution in [-0.2, 0) is 6.54 Å². The van der Waals surface area contributed by atoms with E-state index < -0.39 is 11.5 Å². The molecule has 28 heavy (non-hydrogen) atoms. The highest BCUT2D eigenvalue weighted by Gasteiger charge is 2.34. The van der Waals surface area contributed by atoms with Gasteiger partial charge in [-0.2, -0.15) is 0 Å². The lowest BCUT2D eigenvalue weighted by Gasteiger charge is -2.12. The first-order valence-corrected chi connectivity index (χ1v) is 9.16. The largest absolute Gasteiger partial charge is 0.361 e. The normalized spacial score (nSPS) is 18.1. The van der Waals surface area contributed by atoms with Crippen molar-refractivity contribution in [1.29, 1.82) is 0 Å². The lowest BCUT2D eigenvalue weighted by atomic mass is 10.1. The van der Waals surface area contributed by atoms with E-state index in [9.17, 15) is 14.4 Å². The van der Waals surface area contributed by atoms with E-state index in [0.29, 0.717) is 11.6 Å². The molecule has 0 aromatic carbocycles. The summed E-state index contributed by atoms with van der Waals surface area (Å²) in [6.07, 6.45) is 5.89. The number of nitrogens with zero attached hydrogens (tertiary/aromatic N) is 2. The Morgan fingerprint density at radius 2 is 2.11 bits per heavy atom. The molecule has 3 heterocycles. The van der Waals surface area contributed by atoms with Gasteiger partial charge in [0.2, 0.25) is 0 Å². The Labute approximate surface area is 161 Å². The summed E-state index contributed by atoms with van der Waals surface area (Å²) in [6, 6.07) is 5.22. The van der Waals surface area contributed by atoms with Crippen molar-refractivity contribution in [2.75, 3.05) is 7.05 Å². The minimum Gasteiger partial charge on any atom is -0.361 e. The number of hydrogen-bond donors (Lipinski definition) is 3. The van der Waals surface area contributed by atoms with Crippen molar-refractivity contribution < 1.29 is 9.59 Å². The third-order valence-corrected chi connectivity index (χ3v) is 5.13. The van der Waals surface area contributed by atoms with E-state index in [2.05, 4.69) is 27.5 Å². The zero-order valence-electron chi connectivity index (χ0n) is 15.7. The molecule has 144 valence electrons. The first-order chi connectivity index (χ1) is 13.5. The quantitative estimate of drug-likeness (QED) is 0.620. The minimum atomic E-state index is -0.527. The van der Waals surface area contributed by atoms with Gasteiger partial charge in [-0.25, -0.2) is 0 Å². The fourth-order valence-electron chi connectivity index (χ4n) is 3.28. The Morgan fingerprint density at radius 3 is 2.82 bits per heavy atom. The number of amides is 2. The molecular weight excluding hydrogens is 358 g/mol. The average Bonchev–Trinajstić information content (AvgIpc) is 3.17. The standard InChI is InChI=1S/C20H21N5O3/c1-11-7-16(11)24-18(26)12-8-14(19(27)21-2)20(28)25(9-12)10-17-13-3-5-22-15(13)4-6-23-17/h3-6,8-9,11,16,22H,7,10H2,1-2H3,(H,21,27)(H,24,26)/t11-,16-/m0/s1. The maximum absolute atomic E-state index is 12.8. The highest BCUT2D eigenvalue weighted by Crippen LogP contribution is 2.29. The molecule has 0 aliphatic heterocycles. The molecule has 3 aromatic heterocycles. The molecular formula is C20H21N5O3. The van der Waals surface area contributed by atoms with Gasteiger partial charge in [-0.1, -0.05) is 6.92 Å². The first kappa shape index (κ1) is 18.0. The van der Waals surface area contributed by atoms with Crippen LogP contribution in [0.25, 0.3) is 10.9 Å². The molecule has 0 radical (unpaired) electrons. The van der Waals surface area contributed by atoms with E-state index in [-0.39, 0.29) is 29.6 Å². The number of hydrogen-bond acceptors (Lipinski definition) is 4. The van der Waals surface area contributed by atoms with Crippen molar-refractivity contribution in [3.8, 4) is 0 Å². The van der Waals surface area contributed by atoms with Gasteiger partial charge in [0.15, 0.2) is 0 Å². The van der Waals surface area contributed by atoms with Gasteiger partial charge in [0.1, 0.15) is 5.56 Å². The lowest BCUT2D eigenvalue weighted by Crippen LogP contribution is -2.34. The van der Waals surface area contributed by atoms with Crippen LogP contribution in [0, 0.1) is 5.92 Å². The van der Waals surface area contributed by atoms with Gasteiger partial charge in [0.25, 0.3) is 17.4 Å². The highest BCUT2D eigenvalue weighted by molar-refractivity contribution is 5.99. The van der Waals surface area contributed by atoms with E-state index in [1.165, 1.54) is 23.9 Å². The predicted octanol–water partition coefficient (Wildman–Crippen LogP) is 1.27. The molecule has 8 nitrogen and oxygen atoms in total. The zero-order valence-corrected chi connectivity index (χ0v) is 15.7. The summed E-state index contributed by atoms with van der Waals surface area (Å²) >= 11 is 0. The van der Waals surface area contributed by atoms with Crippen LogP contribution in [0.2, 0.25) is 0 Å². The highest BCUT2D eigenvalue weighted by atomic mass is 16.2. The maximum atomic E-state index is 12.8. The number of carbonyl (C=O) groups is 2. The van der Waals surface area contributed by atoms with Gasteiger partial charge < -0.3 is 20.2 Å². The van der Waals surface area contributed by atoms with E-state index >= 15 is 0 Å². The summed E-state index contributed by atoms with van der Waals surface area (Å²) in [7, 11) is 1.45. The monoisotopic (exact) mass is 379 g/mol. The Balaban J connectivity index is 1.75. The summed E-state index contributed by atoms with van der Waals surface area (Å²) in [5, 5.41) is 6.28. The number of H-pyrrole nitrogens is 1. The Hall–Kier alpha value is -3.42. The van der Waals surface area contributed by atoms with Crippen molar-refractivity contribution in [3.63, 3.8) is 0 Å². The lowest BCUT2D eigenvalue weighted by molar-refractivity contribution is 0.0948. The number of pyridine rings is 2. The van der Waals surface area contributed by atoms with Gasteiger partial charge >= 0.3 is 0 Å². The topological polar surface area (TPSA) is 109 Å². The molecule has 8 heteroatoms. The SMILES string of the molecule is CNC(=O)c1cc(C(=O)N[C@H]2C[C@@H]2C)cn(Cc2nccc3[nH]ccc23)c1=O. The molecule has 0 spiro atoms. The van der Waals surface area contributed by atoms with Gasteiger partial charge in [0.05, 0.1) is 17.8 Å². The van der Waals surface area contributed by atoms with Gasteiger partial charge in [-0.05, 0) is 30.5 Å². The second-order valence-corrected chi connectivity index (χ2v) is 7.14. The van der Waals surface area contributed by atoms with Crippen LogP contribution >= 0.6 is 0 Å². The van der Waals surface area contributed by atoms with E-state index in [0.717, 1.165) is 17.3 Å².